The van der Waals surface area contributed by atoms with Crippen LogP contribution in [0.15, 0.2) is 6.07 Å². The zero-order valence-corrected chi connectivity index (χ0v) is 11.7. The Morgan fingerprint density at radius 3 is 1.92 bits per heavy atom. The minimum absolute atomic E-state index is 0. The second kappa shape index (κ2) is 6.99. The maximum atomic E-state index is 5.61. The largest absolute Gasteiger partial charge is 2.00 e. The summed E-state index contributed by atoms with van der Waals surface area (Å²) in [6.45, 7) is 0. The first-order chi connectivity index (χ1) is 4.63. The Morgan fingerprint density at radius 2 is 1.50 bits per heavy atom. The van der Waals surface area contributed by atoms with Gasteiger partial charge in [0.1, 0.15) is 0 Å². The summed E-state index contributed by atoms with van der Waals surface area (Å²) in [6.07, 6.45) is 0. The summed E-state index contributed by atoms with van der Waals surface area (Å²) in [6, 6.07) is 4.10. The van der Waals surface area contributed by atoms with Crippen LogP contribution in [0.2, 0.25) is 20.1 Å². The molecule has 6 heteroatoms. The summed E-state index contributed by atoms with van der Waals surface area (Å²) in [5, 5.41) is 1.16. The summed E-state index contributed by atoms with van der Waals surface area (Å²) in [4.78, 5) is 0. The normalized spacial score (nSPS) is 8.33. The minimum atomic E-state index is 0. The fourth-order valence-corrected chi connectivity index (χ4v) is 1.15. The van der Waals surface area contributed by atoms with Crippen molar-refractivity contribution in [1.82, 2.24) is 0 Å². The molecule has 1 aromatic rings. The number of halogens is 5. The quantitative estimate of drug-likeness (QED) is 0.286. The van der Waals surface area contributed by atoms with Gasteiger partial charge in [-0.1, -0.05) is 10.0 Å². The number of hydrogen-bond donors (Lipinski definition) is 0. The first kappa shape index (κ1) is 16.1. The van der Waals surface area contributed by atoms with E-state index in [0.717, 1.165) is 0 Å². The number of rotatable bonds is 0. The molecule has 0 nitrogen and oxygen atoms in total. The van der Waals surface area contributed by atoms with Crippen LogP contribution >= 0.6 is 46.4 Å². The zero-order valence-electron chi connectivity index (χ0n) is 5.67. The molecule has 0 aliphatic heterocycles. The van der Waals surface area contributed by atoms with Crippen LogP contribution in [-0.4, -0.2) is 23.1 Å². The SMILES string of the molecule is Clc1[c-]cc(Cl)c(Cl)c1Cl.[Br-].[Mg+2]. The molecular weight excluding hydrogens is 318 g/mol. The molecule has 0 atom stereocenters. The van der Waals surface area contributed by atoms with Crippen LogP contribution in [0.3, 0.4) is 0 Å². The van der Waals surface area contributed by atoms with E-state index in [4.69, 9.17) is 46.4 Å². The molecule has 0 amide bonds. The van der Waals surface area contributed by atoms with Gasteiger partial charge in [-0.3, -0.25) is 0 Å². The Labute approximate surface area is 117 Å². The molecular formula is C6HBrCl4Mg. The molecule has 0 heterocycles. The molecule has 0 saturated carbocycles. The second-order valence-electron chi connectivity index (χ2n) is 1.58. The van der Waals surface area contributed by atoms with Gasteiger partial charge in [-0.25, -0.2) is 0 Å². The van der Waals surface area contributed by atoms with Crippen LogP contribution in [0.4, 0.5) is 0 Å². The van der Waals surface area contributed by atoms with Crippen molar-refractivity contribution in [2.24, 2.45) is 0 Å². The van der Waals surface area contributed by atoms with Crippen molar-refractivity contribution in [1.29, 1.82) is 0 Å². The number of benzene rings is 1. The van der Waals surface area contributed by atoms with Crippen LogP contribution in [-0.2, 0) is 0 Å². The predicted molar refractivity (Wildman–Crippen MR) is 51.1 cm³/mol. The van der Waals surface area contributed by atoms with Gasteiger partial charge in [-0.05, 0) is 10.0 Å². The molecule has 0 fully saturated rings. The van der Waals surface area contributed by atoms with Gasteiger partial charge in [-0.15, -0.1) is 23.2 Å². The molecule has 62 valence electrons. The molecule has 0 spiro atoms. The molecule has 0 saturated heterocycles. The molecule has 0 unspecified atom stereocenters. The van der Waals surface area contributed by atoms with Gasteiger partial charge < -0.3 is 17.0 Å². The zero-order chi connectivity index (χ0) is 7.72. The Balaban J connectivity index is 0. The van der Waals surface area contributed by atoms with Crippen molar-refractivity contribution in [2.45, 2.75) is 0 Å². The van der Waals surface area contributed by atoms with Crippen molar-refractivity contribution >= 4 is 69.5 Å². The fourth-order valence-electron chi connectivity index (χ4n) is 0.455. The van der Waals surface area contributed by atoms with Crippen LogP contribution in [0.5, 0.6) is 0 Å². The van der Waals surface area contributed by atoms with E-state index in [2.05, 4.69) is 6.07 Å². The van der Waals surface area contributed by atoms with Crippen molar-refractivity contribution in [3.05, 3.63) is 32.2 Å². The molecule has 0 N–H and O–H groups in total. The van der Waals surface area contributed by atoms with Crippen LogP contribution in [0.25, 0.3) is 0 Å². The third kappa shape index (κ3) is 3.78. The van der Waals surface area contributed by atoms with E-state index in [1.54, 1.807) is 0 Å². The smallest absolute Gasteiger partial charge is 1.00 e. The van der Waals surface area contributed by atoms with Crippen molar-refractivity contribution in [3.8, 4) is 0 Å². The van der Waals surface area contributed by atoms with Gasteiger partial charge in [0.25, 0.3) is 0 Å². The Morgan fingerprint density at radius 1 is 1.00 bits per heavy atom. The molecule has 1 aromatic carbocycles. The number of hydrogen-bond acceptors (Lipinski definition) is 0. The van der Waals surface area contributed by atoms with Crippen molar-refractivity contribution in [2.75, 3.05) is 0 Å². The third-order valence-electron chi connectivity index (χ3n) is 0.921. The monoisotopic (exact) mass is 316 g/mol. The van der Waals surface area contributed by atoms with Crippen LogP contribution in [0, 0.1) is 6.07 Å². The van der Waals surface area contributed by atoms with E-state index in [1.165, 1.54) is 6.07 Å². The van der Waals surface area contributed by atoms with Gasteiger partial charge in [0.15, 0.2) is 0 Å². The summed E-state index contributed by atoms with van der Waals surface area (Å²) in [7, 11) is 0. The van der Waals surface area contributed by atoms with E-state index in [9.17, 15) is 0 Å². The first-order valence-corrected chi connectivity index (χ1v) is 3.85. The predicted octanol–water partition coefficient (Wildman–Crippen LogP) is 0.724. The van der Waals surface area contributed by atoms with Crippen molar-refractivity contribution in [3.63, 3.8) is 0 Å². The summed E-state index contributed by atoms with van der Waals surface area (Å²) >= 11 is 22.4. The maximum absolute atomic E-state index is 5.61. The van der Waals surface area contributed by atoms with E-state index in [1.807, 2.05) is 0 Å². The van der Waals surface area contributed by atoms with Gasteiger partial charge >= 0.3 is 23.1 Å². The second-order valence-corrected chi connectivity index (χ2v) is 3.12. The molecule has 0 radical (unpaired) electrons. The van der Waals surface area contributed by atoms with E-state index >= 15 is 0 Å². The molecule has 0 bridgehead atoms. The van der Waals surface area contributed by atoms with Gasteiger partial charge in [0, 0.05) is 0 Å². The van der Waals surface area contributed by atoms with Gasteiger partial charge in [0.05, 0.1) is 0 Å². The summed E-state index contributed by atoms with van der Waals surface area (Å²) in [5.74, 6) is 0. The average molecular weight is 319 g/mol. The van der Waals surface area contributed by atoms with Crippen LogP contribution < -0.4 is 17.0 Å². The van der Waals surface area contributed by atoms with Crippen LogP contribution in [0.1, 0.15) is 0 Å². The molecule has 0 aromatic heterocycles. The summed E-state index contributed by atoms with van der Waals surface area (Å²) in [5.41, 5.74) is 0. The Hall–Kier alpha value is 1.63. The fraction of sp³-hybridized carbons (Fsp3) is 0. The summed E-state index contributed by atoms with van der Waals surface area (Å²) < 4.78 is 0. The standard InChI is InChI=1S/C6HCl4.BrH.Mg/c7-3-1-2-4(8)6(10)5(3)9;;/h1H;1H;/q-1;;+2/p-1. The molecule has 1 rings (SSSR count). The van der Waals surface area contributed by atoms with E-state index < -0.39 is 0 Å². The Kier molecular flexibility index (Phi) is 9.36. The van der Waals surface area contributed by atoms with Gasteiger partial charge in [0.2, 0.25) is 0 Å². The average Bonchev–Trinajstić information content (AvgIpc) is 1.93. The molecule has 0 aliphatic carbocycles. The molecule has 0 aliphatic rings. The van der Waals surface area contributed by atoms with E-state index in [-0.39, 0.29) is 55.1 Å². The third-order valence-corrected chi connectivity index (χ3v) is 2.58. The minimum Gasteiger partial charge on any atom is -1.00 e. The Bertz CT molecular complexity index is 239. The maximum Gasteiger partial charge on any atom is 2.00 e. The topological polar surface area (TPSA) is 0 Å². The van der Waals surface area contributed by atoms with E-state index in [0.29, 0.717) is 5.02 Å². The molecule has 12 heavy (non-hydrogen) atoms. The first-order valence-electron chi connectivity index (χ1n) is 2.33. The van der Waals surface area contributed by atoms with Crippen molar-refractivity contribution < 1.29 is 17.0 Å². The van der Waals surface area contributed by atoms with Gasteiger partial charge in [-0.2, -0.15) is 35.3 Å².